The van der Waals surface area contributed by atoms with E-state index in [0.717, 1.165) is 17.3 Å². The van der Waals surface area contributed by atoms with Gasteiger partial charge in [0.1, 0.15) is 11.6 Å². The first-order valence-electron chi connectivity index (χ1n) is 4.52. The van der Waals surface area contributed by atoms with Crippen LogP contribution in [0.2, 0.25) is 0 Å². The van der Waals surface area contributed by atoms with Gasteiger partial charge in [0, 0.05) is 0 Å². The summed E-state index contributed by atoms with van der Waals surface area (Å²) < 4.78 is 5.59. The number of para-hydroxylation sites is 1. The number of rotatable bonds is 2. The Bertz CT molecular complexity index is 420. The van der Waals surface area contributed by atoms with Crippen LogP contribution in [0.4, 0.5) is 0 Å². The number of H-pyrrole nitrogens is 1. The molecular formula is C11H12N2O. The van der Waals surface area contributed by atoms with Crippen molar-refractivity contribution in [1.82, 2.24) is 9.97 Å². The molecule has 1 aromatic carbocycles. The molecule has 1 heterocycles. The van der Waals surface area contributed by atoms with Crippen molar-refractivity contribution in [2.24, 2.45) is 0 Å². The van der Waals surface area contributed by atoms with Crippen LogP contribution in [0.3, 0.4) is 0 Å². The van der Waals surface area contributed by atoms with E-state index in [-0.39, 0.29) is 0 Å². The van der Waals surface area contributed by atoms with Crippen LogP contribution in [0, 0.1) is 13.8 Å². The molecule has 2 rings (SSSR count). The van der Waals surface area contributed by atoms with Gasteiger partial charge < -0.3 is 9.72 Å². The van der Waals surface area contributed by atoms with Crippen LogP contribution in [0.25, 0.3) is 0 Å². The highest BCUT2D eigenvalue weighted by molar-refractivity contribution is 5.29. The highest BCUT2D eigenvalue weighted by Gasteiger charge is 2.05. The van der Waals surface area contributed by atoms with Crippen molar-refractivity contribution >= 4 is 0 Å². The van der Waals surface area contributed by atoms with Gasteiger partial charge in [-0.25, -0.2) is 0 Å². The molecule has 0 aliphatic rings. The molecule has 0 saturated carbocycles. The van der Waals surface area contributed by atoms with Crippen molar-refractivity contribution in [2.45, 2.75) is 13.8 Å². The Morgan fingerprint density at radius 2 is 1.86 bits per heavy atom. The van der Waals surface area contributed by atoms with Gasteiger partial charge in [-0.15, -0.1) is 0 Å². The largest absolute Gasteiger partial charge is 0.437 e. The van der Waals surface area contributed by atoms with Crippen molar-refractivity contribution in [3.05, 3.63) is 41.9 Å². The van der Waals surface area contributed by atoms with E-state index in [9.17, 15) is 0 Å². The zero-order valence-corrected chi connectivity index (χ0v) is 8.24. The lowest BCUT2D eigenvalue weighted by Crippen LogP contribution is -1.85. The lowest BCUT2D eigenvalue weighted by molar-refractivity contribution is 0.461. The van der Waals surface area contributed by atoms with Gasteiger partial charge >= 0.3 is 0 Å². The van der Waals surface area contributed by atoms with Gasteiger partial charge in [0.05, 0.1) is 5.69 Å². The molecule has 1 N–H and O–H groups in total. The fourth-order valence-corrected chi connectivity index (χ4v) is 1.29. The van der Waals surface area contributed by atoms with Crippen molar-refractivity contribution in [1.29, 1.82) is 0 Å². The van der Waals surface area contributed by atoms with Crippen LogP contribution in [-0.4, -0.2) is 9.97 Å². The summed E-state index contributed by atoms with van der Waals surface area (Å²) in [5, 5.41) is 0. The molecule has 0 radical (unpaired) electrons. The standard InChI is InChI=1S/C11H12N2O/c1-8-11(13-9(2)12-8)14-10-6-4-3-5-7-10/h3-7H,1-2H3,(H,12,13). The maximum absolute atomic E-state index is 5.59. The van der Waals surface area contributed by atoms with Gasteiger partial charge in [-0.1, -0.05) is 18.2 Å². The first kappa shape index (κ1) is 8.81. The topological polar surface area (TPSA) is 37.9 Å². The molecule has 0 fully saturated rings. The van der Waals surface area contributed by atoms with E-state index >= 15 is 0 Å². The molecule has 0 saturated heterocycles. The number of nitrogens with zero attached hydrogens (tertiary/aromatic N) is 1. The second-order valence-corrected chi connectivity index (χ2v) is 3.17. The molecule has 0 bridgehead atoms. The number of ether oxygens (including phenoxy) is 1. The Hall–Kier alpha value is -1.77. The highest BCUT2D eigenvalue weighted by Crippen LogP contribution is 2.21. The first-order valence-corrected chi connectivity index (χ1v) is 4.52. The van der Waals surface area contributed by atoms with Gasteiger partial charge in [-0.3, -0.25) is 0 Å². The van der Waals surface area contributed by atoms with Gasteiger partial charge in [-0.2, -0.15) is 4.98 Å². The fourth-order valence-electron chi connectivity index (χ4n) is 1.29. The summed E-state index contributed by atoms with van der Waals surface area (Å²) in [6.45, 7) is 3.85. The van der Waals surface area contributed by atoms with E-state index in [1.165, 1.54) is 0 Å². The van der Waals surface area contributed by atoms with Crippen LogP contribution in [0.1, 0.15) is 11.5 Å². The molecule has 0 unspecified atom stereocenters. The van der Waals surface area contributed by atoms with E-state index in [1.54, 1.807) is 0 Å². The van der Waals surface area contributed by atoms with Crippen molar-refractivity contribution < 1.29 is 4.74 Å². The van der Waals surface area contributed by atoms with E-state index in [0.29, 0.717) is 5.88 Å². The van der Waals surface area contributed by atoms with Crippen LogP contribution < -0.4 is 4.74 Å². The van der Waals surface area contributed by atoms with E-state index < -0.39 is 0 Å². The lowest BCUT2D eigenvalue weighted by atomic mass is 10.3. The predicted octanol–water partition coefficient (Wildman–Crippen LogP) is 2.82. The van der Waals surface area contributed by atoms with Gasteiger partial charge in [0.15, 0.2) is 0 Å². The highest BCUT2D eigenvalue weighted by atomic mass is 16.5. The molecular weight excluding hydrogens is 176 g/mol. The third kappa shape index (κ3) is 1.76. The zero-order chi connectivity index (χ0) is 9.97. The van der Waals surface area contributed by atoms with E-state index in [1.807, 2.05) is 44.2 Å². The number of aromatic amines is 1. The van der Waals surface area contributed by atoms with E-state index in [2.05, 4.69) is 9.97 Å². The quantitative estimate of drug-likeness (QED) is 0.786. The summed E-state index contributed by atoms with van der Waals surface area (Å²) in [6, 6.07) is 9.64. The molecule has 0 spiro atoms. The molecule has 14 heavy (non-hydrogen) atoms. The van der Waals surface area contributed by atoms with Crippen molar-refractivity contribution in [3.63, 3.8) is 0 Å². The molecule has 2 aromatic rings. The molecule has 72 valence electrons. The third-order valence-corrected chi connectivity index (χ3v) is 1.92. The summed E-state index contributed by atoms with van der Waals surface area (Å²) in [7, 11) is 0. The molecule has 0 aliphatic carbocycles. The van der Waals surface area contributed by atoms with E-state index in [4.69, 9.17) is 4.74 Å². The predicted molar refractivity (Wildman–Crippen MR) is 54.6 cm³/mol. The maximum Gasteiger partial charge on any atom is 0.240 e. The average Bonchev–Trinajstić information content (AvgIpc) is 2.47. The molecule has 3 nitrogen and oxygen atoms in total. The average molecular weight is 188 g/mol. The lowest BCUT2D eigenvalue weighted by Gasteiger charge is -2.01. The first-order chi connectivity index (χ1) is 6.75. The summed E-state index contributed by atoms with van der Waals surface area (Å²) >= 11 is 0. The SMILES string of the molecule is Cc1nc(Oc2ccccc2)c(C)[nH]1. The molecule has 3 heteroatoms. The molecule has 1 aromatic heterocycles. The van der Waals surface area contributed by atoms with Gasteiger partial charge in [0.25, 0.3) is 0 Å². The van der Waals surface area contributed by atoms with Gasteiger partial charge in [-0.05, 0) is 26.0 Å². The third-order valence-electron chi connectivity index (χ3n) is 1.92. The minimum atomic E-state index is 0.647. The number of aryl methyl sites for hydroxylation is 2. The number of aromatic nitrogens is 2. The normalized spacial score (nSPS) is 10.1. The Morgan fingerprint density at radius 1 is 1.14 bits per heavy atom. The Balaban J connectivity index is 2.23. The molecule has 0 atom stereocenters. The maximum atomic E-state index is 5.59. The molecule has 0 amide bonds. The monoisotopic (exact) mass is 188 g/mol. The van der Waals surface area contributed by atoms with Crippen LogP contribution in [0.15, 0.2) is 30.3 Å². The van der Waals surface area contributed by atoms with Crippen LogP contribution in [-0.2, 0) is 0 Å². The Labute approximate surface area is 82.8 Å². The Kier molecular flexibility index (Phi) is 2.23. The minimum Gasteiger partial charge on any atom is -0.437 e. The van der Waals surface area contributed by atoms with Crippen molar-refractivity contribution in [3.8, 4) is 11.6 Å². The van der Waals surface area contributed by atoms with Crippen LogP contribution >= 0.6 is 0 Å². The minimum absolute atomic E-state index is 0.647. The second kappa shape index (κ2) is 3.54. The number of hydrogen-bond acceptors (Lipinski definition) is 2. The number of imidazole rings is 1. The summed E-state index contributed by atoms with van der Waals surface area (Å²) in [5.41, 5.74) is 0.950. The number of benzene rings is 1. The summed E-state index contributed by atoms with van der Waals surface area (Å²) in [4.78, 5) is 7.32. The van der Waals surface area contributed by atoms with Crippen molar-refractivity contribution in [2.75, 3.05) is 0 Å². The van der Waals surface area contributed by atoms with Crippen LogP contribution in [0.5, 0.6) is 11.6 Å². The summed E-state index contributed by atoms with van der Waals surface area (Å²) in [5.74, 6) is 2.32. The summed E-state index contributed by atoms with van der Waals surface area (Å²) in [6.07, 6.45) is 0. The molecule has 0 aliphatic heterocycles. The number of hydrogen-bond donors (Lipinski definition) is 1. The Morgan fingerprint density at radius 3 is 2.43 bits per heavy atom. The smallest absolute Gasteiger partial charge is 0.240 e. The van der Waals surface area contributed by atoms with Gasteiger partial charge in [0.2, 0.25) is 5.88 Å². The second-order valence-electron chi connectivity index (χ2n) is 3.17. The number of nitrogens with one attached hydrogen (secondary N) is 1. The zero-order valence-electron chi connectivity index (χ0n) is 8.24. The fraction of sp³-hybridized carbons (Fsp3) is 0.182.